The van der Waals surface area contributed by atoms with Crippen LogP contribution >= 0.6 is 0 Å². The third-order valence-electron chi connectivity index (χ3n) is 4.28. The molecule has 2 aliphatic heterocycles. The minimum atomic E-state index is 0.421. The van der Waals surface area contributed by atoms with Gasteiger partial charge in [0, 0.05) is 19.6 Å². The molecule has 0 radical (unpaired) electrons. The van der Waals surface area contributed by atoms with Gasteiger partial charge >= 0.3 is 0 Å². The summed E-state index contributed by atoms with van der Waals surface area (Å²) in [5, 5.41) is 3.56. The fraction of sp³-hybridized carbons (Fsp3) is 0.625. The van der Waals surface area contributed by atoms with Gasteiger partial charge in [-0.25, -0.2) is 0 Å². The topological polar surface area (TPSA) is 30.5 Å². The highest BCUT2D eigenvalue weighted by molar-refractivity contribution is 5.39. The van der Waals surface area contributed by atoms with Gasteiger partial charge in [-0.15, -0.1) is 0 Å². The van der Waals surface area contributed by atoms with Crippen LogP contribution < -0.4 is 10.1 Å². The second-order valence-corrected chi connectivity index (χ2v) is 5.62. The van der Waals surface area contributed by atoms with E-state index in [4.69, 9.17) is 9.47 Å². The van der Waals surface area contributed by atoms with Gasteiger partial charge in [0.2, 0.25) is 0 Å². The molecule has 0 amide bonds. The van der Waals surface area contributed by atoms with Gasteiger partial charge in [-0.2, -0.15) is 0 Å². The van der Waals surface area contributed by atoms with Gasteiger partial charge in [0.25, 0.3) is 0 Å². The Hall–Kier alpha value is -1.06. The summed E-state index contributed by atoms with van der Waals surface area (Å²) in [7, 11) is 0. The van der Waals surface area contributed by atoms with Crippen molar-refractivity contribution in [2.24, 2.45) is 5.92 Å². The molecule has 2 atom stereocenters. The number of benzene rings is 1. The second-order valence-electron chi connectivity index (χ2n) is 5.62. The minimum absolute atomic E-state index is 0.421. The molecule has 19 heavy (non-hydrogen) atoms. The quantitative estimate of drug-likeness (QED) is 0.824. The lowest BCUT2D eigenvalue weighted by Crippen LogP contribution is -2.28. The highest BCUT2D eigenvalue weighted by Gasteiger charge is 2.23. The molecule has 1 saturated heterocycles. The van der Waals surface area contributed by atoms with Gasteiger partial charge < -0.3 is 14.8 Å². The Kier molecular flexibility index (Phi) is 4.04. The van der Waals surface area contributed by atoms with Crippen molar-refractivity contribution in [2.45, 2.75) is 32.3 Å². The molecule has 3 heteroatoms. The van der Waals surface area contributed by atoms with E-state index in [0.717, 1.165) is 44.9 Å². The van der Waals surface area contributed by atoms with Crippen LogP contribution in [0.4, 0.5) is 0 Å². The van der Waals surface area contributed by atoms with Crippen LogP contribution in [0, 0.1) is 5.92 Å². The van der Waals surface area contributed by atoms with Gasteiger partial charge in [-0.1, -0.05) is 12.1 Å². The summed E-state index contributed by atoms with van der Waals surface area (Å²) in [6.07, 6.45) is 3.78. The molecule has 0 aliphatic carbocycles. The first kappa shape index (κ1) is 12.9. The van der Waals surface area contributed by atoms with Crippen LogP contribution in [-0.2, 0) is 17.6 Å². The van der Waals surface area contributed by atoms with Crippen LogP contribution in [-0.4, -0.2) is 32.4 Å². The molecule has 2 aliphatic rings. The normalized spacial score (nSPS) is 25.3. The summed E-state index contributed by atoms with van der Waals surface area (Å²) in [4.78, 5) is 0. The molecule has 2 unspecified atom stereocenters. The van der Waals surface area contributed by atoms with E-state index in [1.54, 1.807) is 0 Å². The fourth-order valence-electron chi connectivity index (χ4n) is 2.96. The molecule has 0 aromatic heterocycles. The summed E-state index contributed by atoms with van der Waals surface area (Å²) in [6, 6.07) is 6.60. The largest absolute Gasteiger partial charge is 0.493 e. The number of hydrogen-bond donors (Lipinski definition) is 1. The Morgan fingerprint density at radius 2 is 2.26 bits per heavy atom. The number of rotatable bonds is 5. The maximum Gasteiger partial charge on any atom is 0.122 e. The average Bonchev–Trinajstić information content (AvgIpc) is 3.03. The van der Waals surface area contributed by atoms with E-state index >= 15 is 0 Å². The molecule has 0 bridgehead atoms. The maximum atomic E-state index is 5.58. The Balaban J connectivity index is 1.42. The van der Waals surface area contributed by atoms with E-state index in [0.29, 0.717) is 12.0 Å². The smallest absolute Gasteiger partial charge is 0.122 e. The number of hydrogen-bond acceptors (Lipinski definition) is 3. The van der Waals surface area contributed by atoms with Crippen molar-refractivity contribution >= 4 is 0 Å². The molecule has 3 nitrogen and oxygen atoms in total. The SMILES string of the molecule is CC1OCCC1CNCCc1ccc2c(c1)CCO2. The standard InChI is InChI=1S/C16H23NO2/c1-12-15(6-8-18-12)11-17-7-4-13-2-3-16-14(10-13)5-9-19-16/h2-3,10,12,15,17H,4-9,11H2,1H3. The van der Waals surface area contributed by atoms with Gasteiger partial charge in [-0.05, 0) is 49.4 Å². The Labute approximate surface area is 115 Å². The summed E-state index contributed by atoms with van der Waals surface area (Å²) in [6.45, 7) is 6.08. The second kappa shape index (κ2) is 5.93. The van der Waals surface area contributed by atoms with Crippen molar-refractivity contribution in [3.05, 3.63) is 29.3 Å². The van der Waals surface area contributed by atoms with Crippen molar-refractivity contribution < 1.29 is 9.47 Å². The lowest BCUT2D eigenvalue weighted by molar-refractivity contribution is 0.105. The zero-order valence-corrected chi connectivity index (χ0v) is 11.7. The van der Waals surface area contributed by atoms with Crippen LogP contribution in [0.3, 0.4) is 0 Å². The molecule has 3 rings (SSSR count). The third kappa shape index (κ3) is 3.10. The first-order valence-electron chi connectivity index (χ1n) is 7.40. The van der Waals surface area contributed by atoms with Crippen LogP contribution in [0.5, 0.6) is 5.75 Å². The summed E-state index contributed by atoms with van der Waals surface area (Å²) < 4.78 is 11.1. The zero-order valence-electron chi connectivity index (χ0n) is 11.7. The van der Waals surface area contributed by atoms with E-state index in [2.05, 4.69) is 30.4 Å². The van der Waals surface area contributed by atoms with E-state index in [-0.39, 0.29) is 0 Å². The monoisotopic (exact) mass is 261 g/mol. The van der Waals surface area contributed by atoms with E-state index < -0.39 is 0 Å². The fourth-order valence-corrected chi connectivity index (χ4v) is 2.96. The first-order chi connectivity index (χ1) is 9.33. The van der Waals surface area contributed by atoms with Crippen LogP contribution in [0.2, 0.25) is 0 Å². The predicted molar refractivity (Wildman–Crippen MR) is 75.7 cm³/mol. The molecule has 1 fully saturated rings. The van der Waals surface area contributed by atoms with Crippen molar-refractivity contribution in [3.8, 4) is 5.75 Å². The molecule has 1 aromatic carbocycles. The average molecular weight is 261 g/mol. The number of nitrogens with one attached hydrogen (secondary N) is 1. The molecular formula is C16H23NO2. The highest BCUT2D eigenvalue weighted by atomic mass is 16.5. The van der Waals surface area contributed by atoms with Crippen LogP contribution in [0.15, 0.2) is 18.2 Å². The van der Waals surface area contributed by atoms with Crippen molar-refractivity contribution in [1.82, 2.24) is 5.32 Å². The summed E-state index contributed by atoms with van der Waals surface area (Å²) >= 11 is 0. The Bertz CT molecular complexity index is 433. The summed E-state index contributed by atoms with van der Waals surface area (Å²) in [5.41, 5.74) is 2.78. The molecular weight excluding hydrogens is 238 g/mol. The van der Waals surface area contributed by atoms with E-state index in [9.17, 15) is 0 Å². The zero-order chi connectivity index (χ0) is 13.1. The molecule has 1 aromatic rings. The Morgan fingerprint density at radius 1 is 1.32 bits per heavy atom. The van der Waals surface area contributed by atoms with Gasteiger partial charge in [0.05, 0.1) is 12.7 Å². The van der Waals surface area contributed by atoms with Crippen LogP contribution in [0.25, 0.3) is 0 Å². The third-order valence-corrected chi connectivity index (χ3v) is 4.28. The maximum absolute atomic E-state index is 5.58. The molecule has 2 heterocycles. The molecule has 104 valence electrons. The highest BCUT2D eigenvalue weighted by Crippen LogP contribution is 2.26. The molecule has 0 spiro atoms. The van der Waals surface area contributed by atoms with Crippen molar-refractivity contribution in [3.63, 3.8) is 0 Å². The lowest BCUT2D eigenvalue weighted by Gasteiger charge is -2.14. The minimum Gasteiger partial charge on any atom is -0.493 e. The molecule has 1 N–H and O–H groups in total. The lowest BCUT2D eigenvalue weighted by atomic mass is 10.0. The van der Waals surface area contributed by atoms with Crippen LogP contribution in [0.1, 0.15) is 24.5 Å². The Morgan fingerprint density at radius 3 is 3.11 bits per heavy atom. The number of fused-ring (bicyclic) bond motifs is 1. The van der Waals surface area contributed by atoms with Gasteiger partial charge in [-0.3, -0.25) is 0 Å². The van der Waals surface area contributed by atoms with Crippen molar-refractivity contribution in [2.75, 3.05) is 26.3 Å². The number of ether oxygens (including phenoxy) is 2. The summed E-state index contributed by atoms with van der Waals surface area (Å²) in [5.74, 6) is 1.77. The predicted octanol–water partition coefficient (Wildman–Crippen LogP) is 2.18. The molecule has 0 saturated carbocycles. The van der Waals surface area contributed by atoms with Gasteiger partial charge in [0.15, 0.2) is 0 Å². The van der Waals surface area contributed by atoms with E-state index in [1.807, 2.05) is 0 Å². The first-order valence-corrected chi connectivity index (χ1v) is 7.40. The van der Waals surface area contributed by atoms with E-state index in [1.165, 1.54) is 17.5 Å². The van der Waals surface area contributed by atoms with Gasteiger partial charge in [0.1, 0.15) is 5.75 Å². The van der Waals surface area contributed by atoms with Crippen molar-refractivity contribution in [1.29, 1.82) is 0 Å².